The standard InChI is InChI=1S/C21H14O/c1-3-14-12-16-6-4-5-7-18(16)19-11-9-15-8-10-17(22-2)13-20(15)21(14)19/h1,4-13H,2H3. The fourth-order valence-corrected chi connectivity index (χ4v) is 3.15. The lowest BCUT2D eigenvalue weighted by molar-refractivity contribution is 0.415. The van der Waals surface area contributed by atoms with E-state index in [1.165, 1.54) is 21.5 Å². The zero-order chi connectivity index (χ0) is 15.1. The lowest BCUT2D eigenvalue weighted by atomic mass is 9.93. The molecule has 0 bridgehead atoms. The van der Waals surface area contributed by atoms with Gasteiger partial charge in [0.25, 0.3) is 0 Å². The minimum atomic E-state index is 0.844. The van der Waals surface area contributed by atoms with Crippen LogP contribution < -0.4 is 4.74 Å². The number of benzene rings is 4. The van der Waals surface area contributed by atoms with Gasteiger partial charge in [-0.2, -0.15) is 0 Å². The van der Waals surface area contributed by atoms with E-state index in [1.54, 1.807) is 7.11 Å². The molecular weight excluding hydrogens is 268 g/mol. The van der Waals surface area contributed by atoms with Crippen LogP contribution in [0.25, 0.3) is 32.3 Å². The molecule has 4 aromatic carbocycles. The van der Waals surface area contributed by atoms with E-state index in [4.69, 9.17) is 11.2 Å². The van der Waals surface area contributed by atoms with E-state index < -0.39 is 0 Å². The van der Waals surface area contributed by atoms with Crippen molar-refractivity contribution >= 4 is 32.3 Å². The van der Waals surface area contributed by atoms with Gasteiger partial charge in [-0.05, 0) is 45.1 Å². The number of hydrogen-bond acceptors (Lipinski definition) is 1. The number of methoxy groups -OCH3 is 1. The van der Waals surface area contributed by atoms with Crippen molar-refractivity contribution in [2.24, 2.45) is 0 Å². The van der Waals surface area contributed by atoms with E-state index in [0.29, 0.717) is 0 Å². The summed E-state index contributed by atoms with van der Waals surface area (Å²) in [6.07, 6.45) is 5.79. The van der Waals surface area contributed by atoms with Gasteiger partial charge < -0.3 is 4.74 Å². The summed E-state index contributed by atoms with van der Waals surface area (Å²) in [6.45, 7) is 0. The molecule has 0 atom stereocenters. The topological polar surface area (TPSA) is 9.23 Å². The summed E-state index contributed by atoms with van der Waals surface area (Å²) in [7, 11) is 1.68. The van der Waals surface area contributed by atoms with Crippen molar-refractivity contribution in [3.63, 3.8) is 0 Å². The maximum atomic E-state index is 5.79. The highest BCUT2D eigenvalue weighted by atomic mass is 16.5. The zero-order valence-corrected chi connectivity index (χ0v) is 12.3. The molecule has 1 nitrogen and oxygen atoms in total. The Kier molecular flexibility index (Phi) is 2.77. The normalized spacial score (nSPS) is 10.9. The molecule has 0 saturated carbocycles. The van der Waals surface area contributed by atoms with Gasteiger partial charge >= 0.3 is 0 Å². The Morgan fingerprint density at radius 2 is 1.64 bits per heavy atom. The van der Waals surface area contributed by atoms with Crippen LogP contribution in [0.15, 0.2) is 60.7 Å². The van der Waals surface area contributed by atoms with Crippen molar-refractivity contribution in [2.75, 3.05) is 7.11 Å². The number of rotatable bonds is 1. The van der Waals surface area contributed by atoms with Crippen molar-refractivity contribution in [3.8, 4) is 18.1 Å². The second kappa shape index (κ2) is 4.79. The molecule has 0 aliphatic carbocycles. The van der Waals surface area contributed by atoms with Crippen LogP contribution in [-0.4, -0.2) is 7.11 Å². The Morgan fingerprint density at radius 3 is 2.45 bits per heavy atom. The lowest BCUT2D eigenvalue weighted by Gasteiger charge is -2.11. The van der Waals surface area contributed by atoms with E-state index in [1.807, 2.05) is 12.1 Å². The van der Waals surface area contributed by atoms with Crippen molar-refractivity contribution in [1.29, 1.82) is 0 Å². The summed E-state index contributed by atoms with van der Waals surface area (Å²) in [5.41, 5.74) is 0.924. The van der Waals surface area contributed by atoms with Gasteiger partial charge in [-0.1, -0.05) is 48.4 Å². The van der Waals surface area contributed by atoms with Gasteiger partial charge in [0, 0.05) is 10.9 Å². The molecule has 0 N–H and O–H groups in total. The van der Waals surface area contributed by atoms with Crippen LogP contribution in [0.3, 0.4) is 0 Å². The molecule has 4 rings (SSSR count). The Bertz CT molecular complexity index is 1070. The Balaban J connectivity index is 2.30. The smallest absolute Gasteiger partial charge is 0.119 e. The van der Waals surface area contributed by atoms with E-state index in [0.717, 1.165) is 22.1 Å². The van der Waals surface area contributed by atoms with Crippen LogP contribution in [0.5, 0.6) is 5.75 Å². The molecule has 104 valence electrons. The van der Waals surface area contributed by atoms with Gasteiger partial charge in [-0.25, -0.2) is 0 Å². The Hall–Kier alpha value is -2.98. The minimum absolute atomic E-state index is 0.844. The van der Waals surface area contributed by atoms with Gasteiger partial charge in [-0.3, -0.25) is 0 Å². The molecule has 4 aromatic rings. The summed E-state index contributed by atoms with van der Waals surface area (Å²) in [6, 6.07) is 20.9. The molecule has 0 amide bonds. The molecular formula is C21H14O. The average molecular weight is 282 g/mol. The van der Waals surface area contributed by atoms with Crippen LogP contribution in [0.2, 0.25) is 0 Å². The van der Waals surface area contributed by atoms with Crippen molar-refractivity contribution in [3.05, 3.63) is 66.2 Å². The first-order chi connectivity index (χ1) is 10.8. The molecule has 22 heavy (non-hydrogen) atoms. The number of ether oxygens (including phenoxy) is 1. The maximum Gasteiger partial charge on any atom is 0.119 e. The van der Waals surface area contributed by atoms with Gasteiger partial charge in [0.15, 0.2) is 0 Å². The Morgan fingerprint density at radius 1 is 0.818 bits per heavy atom. The number of terminal acetylenes is 1. The van der Waals surface area contributed by atoms with Crippen molar-refractivity contribution in [2.45, 2.75) is 0 Å². The SMILES string of the molecule is C#Cc1cc2ccccc2c2ccc3ccc(OC)cc3c12. The zero-order valence-electron chi connectivity index (χ0n) is 12.3. The van der Waals surface area contributed by atoms with E-state index >= 15 is 0 Å². The van der Waals surface area contributed by atoms with Crippen LogP contribution in [0.4, 0.5) is 0 Å². The highest BCUT2D eigenvalue weighted by Gasteiger charge is 2.09. The summed E-state index contributed by atoms with van der Waals surface area (Å²) >= 11 is 0. The third kappa shape index (κ3) is 1.75. The van der Waals surface area contributed by atoms with Crippen LogP contribution >= 0.6 is 0 Å². The molecule has 0 radical (unpaired) electrons. The summed E-state index contributed by atoms with van der Waals surface area (Å²) in [5, 5.41) is 7.01. The highest BCUT2D eigenvalue weighted by Crippen LogP contribution is 2.35. The third-order valence-corrected chi connectivity index (χ3v) is 4.20. The second-order valence-corrected chi connectivity index (χ2v) is 5.36. The third-order valence-electron chi connectivity index (χ3n) is 4.20. The van der Waals surface area contributed by atoms with Crippen molar-refractivity contribution in [1.82, 2.24) is 0 Å². The largest absolute Gasteiger partial charge is 0.497 e. The minimum Gasteiger partial charge on any atom is -0.497 e. The molecule has 0 aliphatic heterocycles. The molecule has 0 unspecified atom stereocenters. The molecule has 0 aliphatic rings. The fourth-order valence-electron chi connectivity index (χ4n) is 3.15. The van der Waals surface area contributed by atoms with E-state index in [2.05, 4.69) is 54.5 Å². The van der Waals surface area contributed by atoms with Crippen molar-refractivity contribution < 1.29 is 4.74 Å². The highest BCUT2D eigenvalue weighted by molar-refractivity contribution is 6.19. The van der Waals surface area contributed by atoms with E-state index in [-0.39, 0.29) is 0 Å². The molecule has 1 heteroatoms. The van der Waals surface area contributed by atoms with Gasteiger partial charge in [0.1, 0.15) is 5.75 Å². The first kappa shape index (κ1) is 12.7. The van der Waals surface area contributed by atoms with Gasteiger partial charge in [0.2, 0.25) is 0 Å². The van der Waals surface area contributed by atoms with E-state index in [9.17, 15) is 0 Å². The quantitative estimate of drug-likeness (QED) is 0.347. The average Bonchev–Trinajstić information content (AvgIpc) is 2.59. The fraction of sp³-hybridized carbons (Fsp3) is 0.0476. The summed E-state index contributed by atoms with van der Waals surface area (Å²) < 4.78 is 5.38. The van der Waals surface area contributed by atoms with Gasteiger partial charge in [0.05, 0.1) is 7.11 Å². The first-order valence-corrected chi connectivity index (χ1v) is 7.20. The monoisotopic (exact) mass is 282 g/mol. The number of hydrogen-bond donors (Lipinski definition) is 0. The molecule has 0 spiro atoms. The van der Waals surface area contributed by atoms with Crippen LogP contribution in [0, 0.1) is 12.3 Å². The second-order valence-electron chi connectivity index (χ2n) is 5.36. The predicted octanol–water partition coefficient (Wildman–Crippen LogP) is 5.14. The lowest BCUT2D eigenvalue weighted by Crippen LogP contribution is -1.87. The number of fused-ring (bicyclic) bond motifs is 5. The predicted molar refractivity (Wildman–Crippen MR) is 93.4 cm³/mol. The molecule has 0 heterocycles. The Labute approximate surface area is 129 Å². The van der Waals surface area contributed by atoms with Crippen LogP contribution in [0.1, 0.15) is 5.56 Å². The summed E-state index contributed by atoms with van der Waals surface area (Å²) in [4.78, 5) is 0. The summed E-state index contributed by atoms with van der Waals surface area (Å²) in [5.74, 6) is 3.69. The maximum absolute atomic E-state index is 5.79. The first-order valence-electron chi connectivity index (χ1n) is 7.20. The molecule has 0 fully saturated rings. The molecule has 0 saturated heterocycles. The van der Waals surface area contributed by atoms with Gasteiger partial charge in [-0.15, -0.1) is 6.42 Å². The van der Waals surface area contributed by atoms with Crippen LogP contribution in [-0.2, 0) is 0 Å². The molecule has 0 aromatic heterocycles.